The standard InChI is InChI=1S/C13H22N4OS/c1-4-13(5-2,11(14)19)12(18)15-8-6-10-7-9-16-17(10)3/h7,9H,4-6,8H2,1-3H3,(H2,14,19)(H,15,18). The normalized spacial score (nSPS) is 11.3. The van der Waals surface area contributed by atoms with Crippen molar-refractivity contribution in [3.63, 3.8) is 0 Å². The Balaban J connectivity index is 2.59. The summed E-state index contributed by atoms with van der Waals surface area (Å²) in [7, 11) is 1.88. The van der Waals surface area contributed by atoms with Gasteiger partial charge in [0.2, 0.25) is 5.91 Å². The van der Waals surface area contributed by atoms with Crippen LogP contribution in [0.25, 0.3) is 0 Å². The summed E-state index contributed by atoms with van der Waals surface area (Å²) in [6.07, 6.45) is 3.73. The predicted molar refractivity (Wildman–Crippen MR) is 79.7 cm³/mol. The van der Waals surface area contributed by atoms with Crippen molar-refractivity contribution >= 4 is 23.1 Å². The lowest BCUT2D eigenvalue weighted by atomic mass is 9.81. The molecule has 0 aliphatic carbocycles. The topological polar surface area (TPSA) is 72.9 Å². The molecule has 0 spiro atoms. The molecule has 0 bridgehead atoms. The van der Waals surface area contributed by atoms with Gasteiger partial charge in [0.15, 0.2) is 0 Å². The number of carbonyl (C=O) groups excluding carboxylic acids is 1. The number of thiocarbonyl (C=S) groups is 1. The number of nitrogens with one attached hydrogen (secondary N) is 1. The minimum absolute atomic E-state index is 0.0767. The average Bonchev–Trinajstić information content (AvgIpc) is 2.77. The lowest BCUT2D eigenvalue weighted by Crippen LogP contribution is -2.48. The molecule has 19 heavy (non-hydrogen) atoms. The first-order valence-corrected chi connectivity index (χ1v) is 6.93. The van der Waals surface area contributed by atoms with Crippen LogP contribution in [0.15, 0.2) is 12.3 Å². The summed E-state index contributed by atoms with van der Waals surface area (Å²) < 4.78 is 1.80. The predicted octanol–water partition coefficient (Wildman–Crippen LogP) is 1.17. The van der Waals surface area contributed by atoms with Crippen molar-refractivity contribution in [2.45, 2.75) is 33.1 Å². The number of aryl methyl sites for hydroxylation is 1. The summed E-state index contributed by atoms with van der Waals surface area (Å²) in [6, 6.07) is 1.94. The van der Waals surface area contributed by atoms with Gasteiger partial charge in [0.05, 0.1) is 10.4 Å². The summed E-state index contributed by atoms with van der Waals surface area (Å²) in [5.41, 5.74) is 6.10. The van der Waals surface area contributed by atoms with Crippen LogP contribution in [-0.2, 0) is 18.3 Å². The highest BCUT2D eigenvalue weighted by atomic mass is 32.1. The second-order valence-corrected chi connectivity index (χ2v) is 5.05. The van der Waals surface area contributed by atoms with Gasteiger partial charge in [-0.25, -0.2) is 0 Å². The van der Waals surface area contributed by atoms with Crippen LogP contribution < -0.4 is 11.1 Å². The van der Waals surface area contributed by atoms with Crippen LogP contribution >= 0.6 is 12.2 Å². The molecule has 1 aromatic heterocycles. The molecular formula is C13H22N4OS. The highest BCUT2D eigenvalue weighted by molar-refractivity contribution is 7.80. The van der Waals surface area contributed by atoms with Crippen LogP contribution in [-0.4, -0.2) is 27.2 Å². The third-order valence-electron chi connectivity index (χ3n) is 3.70. The number of rotatable bonds is 7. The zero-order valence-electron chi connectivity index (χ0n) is 11.8. The number of nitrogens with two attached hydrogens (primary N) is 1. The Hall–Kier alpha value is -1.43. The Morgan fingerprint density at radius 1 is 1.53 bits per heavy atom. The number of hydrogen-bond acceptors (Lipinski definition) is 3. The second kappa shape index (κ2) is 6.65. The number of amides is 1. The minimum atomic E-state index is -0.720. The summed E-state index contributed by atoms with van der Waals surface area (Å²) in [4.78, 5) is 12.6. The van der Waals surface area contributed by atoms with Crippen molar-refractivity contribution in [1.29, 1.82) is 0 Å². The Kier molecular flexibility index (Phi) is 5.47. The molecule has 0 saturated heterocycles. The van der Waals surface area contributed by atoms with E-state index in [0.29, 0.717) is 19.4 Å². The van der Waals surface area contributed by atoms with Gasteiger partial charge in [-0.3, -0.25) is 9.48 Å². The third kappa shape index (κ3) is 3.32. The zero-order valence-corrected chi connectivity index (χ0v) is 12.6. The molecule has 0 aromatic carbocycles. The van der Waals surface area contributed by atoms with Gasteiger partial charge in [0.1, 0.15) is 0 Å². The van der Waals surface area contributed by atoms with Crippen molar-refractivity contribution in [1.82, 2.24) is 15.1 Å². The molecule has 1 rings (SSSR count). The molecule has 0 saturated carbocycles. The van der Waals surface area contributed by atoms with Gasteiger partial charge in [-0.2, -0.15) is 5.10 Å². The van der Waals surface area contributed by atoms with Gasteiger partial charge < -0.3 is 11.1 Å². The first-order chi connectivity index (χ1) is 8.97. The van der Waals surface area contributed by atoms with E-state index in [1.54, 1.807) is 10.9 Å². The van der Waals surface area contributed by atoms with E-state index >= 15 is 0 Å². The van der Waals surface area contributed by atoms with Crippen molar-refractivity contribution < 1.29 is 4.79 Å². The SMILES string of the molecule is CCC(CC)(C(=O)NCCc1ccnn1C)C(N)=S. The molecule has 3 N–H and O–H groups in total. The van der Waals surface area contributed by atoms with E-state index in [1.165, 1.54) is 0 Å². The molecule has 1 aromatic rings. The average molecular weight is 282 g/mol. The van der Waals surface area contributed by atoms with Crippen LogP contribution in [0.1, 0.15) is 32.4 Å². The highest BCUT2D eigenvalue weighted by Crippen LogP contribution is 2.27. The maximum absolute atomic E-state index is 12.3. The van der Waals surface area contributed by atoms with E-state index in [9.17, 15) is 4.79 Å². The van der Waals surface area contributed by atoms with Crippen molar-refractivity contribution in [3.05, 3.63) is 18.0 Å². The van der Waals surface area contributed by atoms with E-state index in [-0.39, 0.29) is 10.9 Å². The van der Waals surface area contributed by atoms with Crippen LogP contribution in [0, 0.1) is 5.41 Å². The van der Waals surface area contributed by atoms with Crippen LogP contribution in [0.4, 0.5) is 0 Å². The van der Waals surface area contributed by atoms with E-state index in [1.807, 2.05) is 27.0 Å². The van der Waals surface area contributed by atoms with Gasteiger partial charge >= 0.3 is 0 Å². The third-order valence-corrected chi connectivity index (χ3v) is 4.09. The van der Waals surface area contributed by atoms with E-state index in [2.05, 4.69) is 10.4 Å². The van der Waals surface area contributed by atoms with Gasteiger partial charge in [-0.15, -0.1) is 0 Å². The zero-order chi connectivity index (χ0) is 14.5. The summed E-state index contributed by atoms with van der Waals surface area (Å²) in [5, 5.41) is 7.01. The largest absolute Gasteiger partial charge is 0.392 e. The van der Waals surface area contributed by atoms with Crippen molar-refractivity contribution in [2.24, 2.45) is 18.2 Å². The molecular weight excluding hydrogens is 260 g/mol. The number of carbonyl (C=O) groups is 1. The lowest BCUT2D eigenvalue weighted by Gasteiger charge is -2.28. The molecule has 0 aliphatic heterocycles. The highest BCUT2D eigenvalue weighted by Gasteiger charge is 2.37. The smallest absolute Gasteiger partial charge is 0.233 e. The van der Waals surface area contributed by atoms with Crippen LogP contribution in [0.2, 0.25) is 0 Å². The lowest BCUT2D eigenvalue weighted by molar-refractivity contribution is -0.127. The molecule has 0 atom stereocenters. The van der Waals surface area contributed by atoms with Gasteiger partial charge in [-0.05, 0) is 18.9 Å². The number of hydrogen-bond donors (Lipinski definition) is 2. The first kappa shape index (κ1) is 15.6. The van der Waals surface area contributed by atoms with E-state index in [0.717, 1.165) is 12.1 Å². The fourth-order valence-corrected chi connectivity index (χ4v) is 2.53. The quantitative estimate of drug-likeness (QED) is 0.736. The number of aromatic nitrogens is 2. The molecule has 1 amide bonds. The second-order valence-electron chi connectivity index (χ2n) is 4.61. The molecule has 5 nitrogen and oxygen atoms in total. The monoisotopic (exact) mass is 282 g/mol. The summed E-state index contributed by atoms with van der Waals surface area (Å²) in [6.45, 7) is 4.43. The Morgan fingerprint density at radius 3 is 2.58 bits per heavy atom. The number of nitrogens with zero attached hydrogens (tertiary/aromatic N) is 2. The van der Waals surface area contributed by atoms with E-state index in [4.69, 9.17) is 18.0 Å². The Morgan fingerprint density at radius 2 is 2.16 bits per heavy atom. The first-order valence-electron chi connectivity index (χ1n) is 6.53. The molecule has 0 fully saturated rings. The Labute approximate surface area is 119 Å². The maximum Gasteiger partial charge on any atom is 0.233 e. The fraction of sp³-hybridized carbons (Fsp3) is 0.615. The molecule has 0 radical (unpaired) electrons. The van der Waals surface area contributed by atoms with Gasteiger partial charge in [0.25, 0.3) is 0 Å². The Bertz CT molecular complexity index is 451. The van der Waals surface area contributed by atoms with Crippen molar-refractivity contribution in [2.75, 3.05) is 6.54 Å². The molecule has 0 aliphatic rings. The molecule has 6 heteroatoms. The minimum Gasteiger partial charge on any atom is -0.392 e. The van der Waals surface area contributed by atoms with Crippen molar-refractivity contribution in [3.8, 4) is 0 Å². The summed E-state index contributed by atoms with van der Waals surface area (Å²) in [5.74, 6) is -0.0767. The summed E-state index contributed by atoms with van der Waals surface area (Å²) >= 11 is 5.06. The maximum atomic E-state index is 12.3. The molecule has 106 valence electrons. The van der Waals surface area contributed by atoms with Crippen LogP contribution in [0.3, 0.4) is 0 Å². The van der Waals surface area contributed by atoms with E-state index < -0.39 is 5.41 Å². The van der Waals surface area contributed by atoms with Crippen LogP contribution in [0.5, 0.6) is 0 Å². The fourth-order valence-electron chi connectivity index (χ4n) is 2.15. The molecule has 0 unspecified atom stereocenters. The van der Waals surface area contributed by atoms with Gasteiger partial charge in [0, 0.05) is 31.9 Å². The van der Waals surface area contributed by atoms with Gasteiger partial charge in [-0.1, -0.05) is 26.1 Å². The molecule has 1 heterocycles.